The number of hydrogen-bond acceptors (Lipinski definition) is 5. The molecule has 39 heavy (non-hydrogen) atoms. The Kier molecular flexibility index (Phi) is 7.04. The van der Waals surface area contributed by atoms with Gasteiger partial charge in [0.2, 0.25) is 0 Å². The van der Waals surface area contributed by atoms with Gasteiger partial charge in [0.15, 0.2) is 11.5 Å². The number of carbonyl (C=O) groups is 1. The fourth-order valence-corrected chi connectivity index (χ4v) is 5.07. The predicted octanol–water partition coefficient (Wildman–Crippen LogP) is 6.33. The fraction of sp³-hybridized carbons (Fsp3) is 0.290. The van der Waals surface area contributed by atoms with E-state index >= 15 is 0 Å². The maximum atomic E-state index is 13.8. The van der Waals surface area contributed by atoms with Crippen LogP contribution < -0.4 is 9.47 Å². The lowest BCUT2D eigenvalue weighted by molar-refractivity contribution is 0.0730. The minimum Gasteiger partial charge on any atom is -0.507 e. The largest absolute Gasteiger partial charge is 0.507 e. The highest BCUT2D eigenvalue weighted by Gasteiger charge is 2.43. The van der Waals surface area contributed by atoms with Crippen LogP contribution in [0.2, 0.25) is 0 Å². The molecule has 1 aromatic heterocycles. The fourth-order valence-electron chi connectivity index (χ4n) is 5.07. The van der Waals surface area contributed by atoms with Crippen molar-refractivity contribution in [3.8, 4) is 28.5 Å². The first-order valence-corrected chi connectivity index (χ1v) is 12.9. The first-order chi connectivity index (χ1) is 18.7. The summed E-state index contributed by atoms with van der Waals surface area (Å²) in [6.45, 7) is 8.72. The molecule has 1 unspecified atom stereocenters. The number of methoxy groups -OCH3 is 1. The number of amides is 1. The molecule has 2 heterocycles. The number of H-pyrrole nitrogens is 1. The molecule has 1 atom stereocenters. The number of aromatic hydroxyl groups is 1. The third kappa shape index (κ3) is 4.94. The smallest absolute Gasteiger partial charge is 0.273 e. The molecule has 0 spiro atoms. The van der Waals surface area contributed by atoms with Crippen LogP contribution in [0.4, 0.5) is 4.39 Å². The second-order valence-electron chi connectivity index (χ2n) is 10.4. The number of nitrogens with zero attached hydrogens (tertiary/aromatic N) is 2. The van der Waals surface area contributed by atoms with Crippen LogP contribution >= 0.6 is 0 Å². The molecule has 2 N–H and O–H groups in total. The molecule has 3 aromatic carbocycles. The van der Waals surface area contributed by atoms with E-state index in [2.05, 4.69) is 24.0 Å². The first kappa shape index (κ1) is 26.3. The van der Waals surface area contributed by atoms with Crippen molar-refractivity contribution < 1.29 is 23.8 Å². The van der Waals surface area contributed by atoms with Crippen LogP contribution in [-0.2, 0) is 6.54 Å². The number of carbonyl (C=O) groups excluding carboxylic acids is 1. The molecule has 4 aromatic rings. The molecule has 1 amide bonds. The van der Waals surface area contributed by atoms with E-state index in [1.54, 1.807) is 24.1 Å². The molecule has 1 aliphatic rings. The average molecular weight is 530 g/mol. The Morgan fingerprint density at radius 3 is 2.51 bits per heavy atom. The van der Waals surface area contributed by atoms with Gasteiger partial charge in [0.1, 0.15) is 23.0 Å². The summed E-state index contributed by atoms with van der Waals surface area (Å²) < 4.78 is 25.2. The van der Waals surface area contributed by atoms with E-state index < -0.39 is 6.04 Å². The van der Waals surface area contributed by atoms with Gasteiger partial charge in [-0.2, -0.15) is 5.10 Å². The Labute approximate surface area is 227 Å². The second kappa shape index (κ2) is 10.4. The van der Waals surface area contributed by atoms with Gasteiger partial charge in [-0.25, -0.2) is 4.39 Å². The monoisotopic (exact) mass is 529 g/mol. The summed E-state index contributed by atoms with van der Waals surface area (Å²) in [5.74, 6) is 1.05. The van der Waals surface area contributed by atoms with E-state index in [1.807, 2.05) is 44.2 Å². The highest BCUT2D eigenvalue weighted by molar-refractivity contribution is 6.00. The van der Waals surface area contributed by atoms with Crippen molar-refractivity contribution in [2.24, 2.45) is 5.92 Å². The van der Waals surface area contributed by atoms with Gasteiger partial charge in [-0.15, -0.1) is 0 Å². The number of ether oxygens (including phenoxy) is 2. The van der Waals surface area contributed by atoms with Crippen LogP contribution in [0.3, 0.4) is 0 Å². The SMILES string of the molecule is COc1cc(C2c3c(-c4cc(C)cc(C)c4O)n[nH]c3C(=O)N2Cc2ccc(F)cc2)ccc1OCC(C)C. The maximum Gasteiger partial charge on any atom is 0.273 e. The number of aromatic amines is 1. The third-order valence-electron chi connectivity index (χ3n) is 6.91. The van der Waals surface area contributed by atoms with Crippen molar-refractivity contribution in [3.05, 3.63) is 93.9 Å². The molecule has 7 nitrogen and oxygen atoms in total. The molecule has 8 heteroatoms. The highest BCUT2D eigenvalue weighted by atomic mass is 19.1. The number of phenolic OH excluding ortho intramolecular Hbond substituents is 1. The minimum atomic E-state index is -0.542. The molecule has 202 valence electrons. The molecule has 5 rings (SSSR count). The topological polar surface area (TPSA) is 87.7 Å². The van der Waals surface area contributed by atoms with Gasteiger partial charge >= 0.3 is 0 Å². The molecule has 0 bridgehead atoms. The number of benzene rings is 3. The molecule has 0 fully saturated rings. The van der Waals surface area contributed by atoms with Gasteiger partial charge in [-0.3, -0.25) is 9.89 Å². The normalized spacial score (nSPS) is 14.7. The Hall–Kier alpha value is -4.33. The van der Waals surface area contributed by atoms with Gasteiger partial charge in [0, 0.05) is 17.7 Å². The summed E-state index contributed by atoms with van der Waals surface area (Å²) in [7, 11) is 1.58. The van der Waals surface area contributed by atoms with Crippen molar-refractivity contribution in [2.45, 2.75) is 40.3 Å². The van der Waals surface area contributed by atoms with Crippen LogP contribution in [0, 0.1) is 25.6 Å². The predicted molar refractivity (Wildman–Crippen MR) is 147 cm³/mol. The van der Waals surface area contributed by atoms with Gasteiger partial charge in [0.05, 0.1) is 19.8 Å². The van der Waals surface area contributed by atoms with Crippen molar-refractivity contribution >= 4 is 5.91 Å². The van der Waals surface area contributed by atoms with Gasteiger partial charge in [0.25, 0.3) is 5.91 Å². The van der Waals surface area contributed by atoms with Crippen LogP contribution in [0.1, 0.15) is 58.2 Å². The zero-order valence-corrected chi connectivity index (χ0v) is 22.7. The van der Waals surface area contributed by atoms with Crippen LogP contribution in [0.5, 0.6) is 17.2 Å². The summed E-state index contributed by atoms with van der Waals surface area (Å²) in [6.07, 6.45) is 0. The van der Waals surface area contributed by atoms with Gasteiger partial charge in [-0.05, 0) is 72.4 Å². The Bertz CT molecular complexity index is 1530. The third-order valence-corrected chi connectivity index (χ3v) is 6.91. The zero-order valence-electron chi connectivity index (χ0n) is 22.7. The minimum absolute atomic E-state index is 0.119. The first-order valence-electron chi connectivity index (χ1n) is 12.9. The molecule has 0 radical (unpaired) electrons. The van der Waals surface area contributed by atoms with Crippen molar-refractivity contribution in [1.82, 2.24) is 15.1 Å². The van der Waals surface area contributed by atoms with Crippen LogP contribution in [0.15, 0.2) is 54.6 Å². The Morgan fingerprint density at radius 2 is 1.82 bits per heavy atom. The number of hydrogen-bond donors (Lipinski definition) is 2. The molecule has 0 saturated heterocycles. The Morgan fingerprint density at radius 1 is 1.08 bits per heavy atom. The van der Waals surface area contributed by atoms with E-state index in [9.17, 15) is 14.3 Å². The summed E-state index contributed by atoms with van der Waals surface area (Å²) in [5.41, 5.74) is 5.35. The summed E-state index contributed by atoms with van der Waals surface area (Å²) in [4.78, 5) is 15.5. The van der Waals surface area contributed by atoms with E-state index in [4.69, 9.17) is 9.47 Å². The summed E-state index contributed by atoms with van der Waals surface area (Å²) in [6, 6.07) is 15.0. The number of fused-ring (bicyclic) bond motifs is 1. The number of nitrogens with one attached hydrogen (secondary N) is 1. The van der Waals surface area contributed by atoms with Gasteiger partial charge < -0.3 is 19.5 Å². The number of rotatable bonds is 8. The average Bonchev–Trinajstić information content (AvgIpc) is 3.45. The van der Waals surface area contributed by atoms with E-state index in [-0.39, 0.29) is 24.0 Å². The zero-order chi connectivity index (χ0) is 27.8. The summed E-state index contributed by atoms with van der Waals surface area (Å²) in [5, 5.41) is 18.4. The highest BCUT2D eigenvalue weighted by Crippen LogP contribution is 2.47. The number of halogens is 1. The second-order valence-corrected chi connectivity index (χ2v) is 10.4. The quantitative estimate of drug-likeness (QED) is 0.279. The molecule has 1 aliphatic heterocycles. The lowest BCUT2D eigenvalue weighted by Crippen LogP contribution is -2.29. The van der Waals surface area contributed by atoms with Crippen molar-refractivity contribution in [1.29, 1.82) is 0 Å². The standard InChI is InChI=1S/C31H32FN3O4/c1-17(2)16-39-24-11-8-21(14-25(24)38-5)29-26-27(23-13-18(3)12-19(4)30(23)36)33-34-28(26)31(37)35(29)15-20-6-9-22(32)10-7-20/h6-14,17,29,36H,15-16H2,1-5H3,(H,33,34). The van der Waals surface area contributed by atoms with Crippen LogP contribution in [-0.4, -0.2) is 39.8 Å². The van der Waals surface area contributed by atoms with E-state index in [1.165, 1.54) is 12.1 Å². The molecule has 0 saturated carbocycles. The molecular formula is C31H32FN3O4. The molecule has 0 aliphatic carbocycles. The van der Waals surface area contributed by atoms with Crippen molar-refractivity contribution in [2.75, 3.05) is 13.7 Å². The van der Waals surface area contributed by atoms with Gasteiger partial charge in [-0.1, -0.05) is 38.1 Å². The van der Waals surface area contributed by atoms with E-state index in [0.29, 0.717) is 46.5 Å². The number of aromatic nitrogens is 2. The molecular weight excluding hydrogens is 497 g/mol. The number of aryl methyl sites for hydroxylation is 2. The van der Waals surface area contributed by atoms with Crippen LogP contribution in [0.25, 0.3) is 11.3 Å². The van der Waals surface area contributed by atoms with E-state index in [0.717, 1.165) is 22.3 Å². The van der Waals surface area contributed by atoms with Crippen molar-refractivity contribution in [3.63, 3.8) is 0 Å². The maximum absolute atomic E-state index is 13.8. The summed E-state index contributed by atoms with van der Waals surface area (Å²) >= 11 is 0. The lowest BCUT2D eigenvalue weighted by Gasteiger charge is -2.27. The lowest BCUT2D eigenvalue weighted by atomic mass is 9.93. The Balaban J connectivity index is 1.65. The number of phenols is 1.